The quantitative estimate of drug-likeness (QED) is 0.400. The molecule has 4 rings (SSSR count). The van der Waals surface area contributed by atoms with E-state index >= 15 is 0 Å². The zero-order valence-corrected chi connectivity index (χ0v) is 16.8. The maximum atomic E-state index is 12.2. The number of rotatable bonds is 4. The minimum absolute atomic E-state index is 0.291. The van der Waals surface area contributed by atoms with Crippen LogP contribution in [0.5, 0.6) is 0 Å². The van der Waals surface area contributed by atoms with E-state index in [0.717, 1.165) is 27.0 Å². The fourth-order valence-corrected chi connectivity index (χ4v) is 3.31. The van der Waals surface area contributed by atoms with Crippen LogP contribution in [0.2, 0.25) is 0 Å². The van der Waals surface area contributed by atoms with E-state index in [-0.39, 0.29) is 0 Å². The third-order valence-electron chi connectivity index (χ3n) is 4.42. The third-order valence-corrected chi connectivity index (χ3v) is 4.91. The summed E-state index contributed by atoms with van der Waals surface area (Å²) < 4.78 is 6.22. The molecule has 0 amide bonds. The Morgan fingerprint density at radius 3 is 2.36 bits per heavy atom. The highest BCUT2D eigenvalue weighted by Gasteiger charge is 2.24. The van der Waals surface area contributed by atoms with Gasteiger partial charge in [0.2, 0.25) is 5.90 Å². The van der Waals surface area contributed by atoms with Gasteiger partial charge in [0.1, 0.15) is 0 Å². The van der Waals surface area contributed by atoms with Crippen LogP contribution in [-0.4, -0.2) is 18.9 Å². The number of nitrogens with zero attached hydrogens (tertiary/aromatic N) is 2. The highest BCUT2D eigenvalue weighted by atomic mass is 79.9. The van der Waals surface area contributed by atoms with Gasteiger partial charge >= 0.3 is 5.97 Å². The summed E-state index contributed by atoms with van der Waals surface area (Å²) in [5, 5.41) is 0. The zero-order valence-electron chi connectivity index (χ0n) is 15.2. The number of esters is 1. The lowest BCUT2D eigenvalue weighted by molar-refractivity contribution is -0.129. The minimum Gasteiger partial charge on any atom is -0.402 e. The van der Waals surface area contributed by atoms with Crippen molar-refractivity contribution in [3.63, 3.8) is 0 Å². The number of para-hydroxylation sites is 1. The average molecular weight is 433 g/mol. The topological polar surface area (TPSA) is 41.9 Å². The first kappa shape index (κ1) is 18.2. The van der Waals surface area contributed by atoms with Crippen molar-refractivity contribution in [1.29, 1.82) is 0 Å². The molecule has 28 heavy (non-hydrogen) atoms. The van der Waals surface area contributed by atoms with Crippen LogP contribution in [0.25, 0.3) is 6.08 Å². The van der Waals surface area contributed by atoms with Crippen LogP contribution < -0.4 is 4.90 Å². The molecule has 3 aromatic carbocycles. The molecule has 0 aromatic heterocycles. The number of carbonyl (C=O) groups is 1. The van der Waals surface area contributed by atoms with Gasteiger partial charge in [-0.25, -0.2) is 9.79 Å². The summed E-state index contributed by atoms with van der Waals surface area (Å²) in [5.41, 5.74) is 4.10. The number of hydrogen-bond acceptors (Lipinski definition) is 4. The van der Waals surface area contributed by atoms with Gasteiger partial charge in [0.15, 0.2) is 5.70 Å². The summed E-state index contributed by atoms with van der Waals surface area (Å²) in [4.78, 5) is 18.6. The number of benzene rings is 3. The van der Waals surface area contributed by atoms with E-state index < -0.39 is 5.97 Å². The smallest absolute Gasteiger partial charge is 0.363 e. The Morgan fingerprint density at radius 2 is 1.64 bits per heavy atom. The molecule has 0 saturated heterocycles. The highest BCUT2D eigenvalue weighted by molar-refractivity contribution is 9.10. The van der Waals surface area contributed by atoms with E-state index in [1.807, 2.05) is 73.8 Å². The van der Waals surface area contributed by atoms with Crippen LogP contribution in [0.1, 0.15) is 11.1 Å². The lowest BCUT2D eigenvalue weighted by Gasteiger charge is -2.19. The van der Waals surface area contributed by atoms with Crippen molar-refractivity contribution in [2.45, 2.75) is 0 Å². The summed E-state index contributed by atoms with van der Waals surface area (Å²) in [6.07, 6.45) is 1.74. The molecule has 0 bridgehead atoms. The molecular weight excluding hydrogens is 416 g/mol. The summed E-state index contributed by atoms with van der Waals surface area (Å²) in [6, 6.07) is 25.6. The first-order chi connectivity index (χ1) is 13.6. The van der Waals surface area contributed by atoms with Crippen molar-refractivity contribution in [3.8, 4) is 0 Å². The standard InChI is InChI=1S/C23H17BrN2O2/c1-26(19-8-3-2-4-9-19)20-12-10-16(11-13-20)14-21-23(27)28-22(25-21)17-6-5-7-18(24)15-17/h2-15H,1H3/b21-14+. The van der Waals surface area contributed by atoms with Gasteiger partial charge in [-0.2, -0.15) is 0 Å². The third kappa shape index (κ3) is 3.89. The second-order valence-electron chi connectivity index (χ2n) is 6.33. The lowest BCUT2D eigenvalue weighted by Crippen LogP contribution is -2.08. The van der Waals surface area contributed by atoms with Crippen LogP contribution in [0.15, 0.2) is 94.0 Å². The average Bonchev–Trinajstić information content (AvgIpc) is 3.09. The number of ether oxygens (including phenoxy) is 1. The van der Waals surface area contributed by atoms with Gasteiger partial charge in [-0.15, -0.1) is 0 Å². The van der Waals surface area contributed by atoms with Crippen LogP contribution >= 0.6 is 15.9 Å². The summed E-state index contributed by atoms with van der Waals surface area (Å²) in [7, 11) is 2.02. The Labute approximate surface area is 171 Å². The monoisotopic (exact) mass is 432 g/mol. The lowest BCUT2D eigenvalue weighted by atomic mass is 10.1. The molecule has 0 fully saturated rings. The molecule has 1 heterocycles. The van der Waals surface area contributed by atoms with Crippen molar-refractivity contribution >= 4 is 45.2 Å². The highest BCUT2D eigenvalue weighted by Crippen LogP contribution is 2.25. The molecule has 3 aromatic rings. The number of hydrogen-bond donors (Lipinski definition) is 0. The van der Waals surface area contributed by atoms with Crippen LogP contribution in [0.4, 0.5) is 11.4 Å². The maximum absolute atomic E-state index is 12.2. The predicted molar refractivity (Wildman–Crippen MR) is 116 cm³/mol. The molecule has 0 saturated carbocycles. The number of cyclic esters (lactones) is 1. The number of halogens is 1. The fraction of sp³-hybridized carbons (Fsp3) is 0.0435. The van der Waals surface area contributed by atoms with E-state index in [1.54, 1.807) is 6.08 Å². The molecule has 0 spiro atoms. The molecule has 1 aliphatic rings. The van der Waals surface area contributed by atoms with E-state index in [0.29, 0.717) is 11.6 Å². The summed E-state index contributed by atoms with van der Waals surface area (Å²) in [5.74, 6) is -0.126. The number of carbonyl (C=O) groups excluding carboxylic acids is 1. The Morgan fingerprint density at radius 1 is 0.929 bits per heavy atom. The van der Waals surface area contributed by atoms with Crippen molar-refractivity contribution in [2.75, 3.05) is 11.9 Å². The van der Waals surface area contributed by atoms with Crippen LogP contribution in [0, 0.1) is 0 Å². The molecule has 0 unspecified atom stereocenters. The molecule has 0 radical (unpaired) electrons. The molecule has 0 atom stereocenters. The van der Waals surface area contributed by atoms with Gasteiger partial charge in [-0.3, -0.25) is 0 Å². The SMILES string of the molecule is CN(c1ccccc1)c1ccc(/C=C2/N=C(c3cccc(Br)c3)OC2=O)cc1. The van der Waals surface area contributed by atoms with Crippen molar-refractivity contribution in [3.05, 3.63) is 100 Å². The normalized spacial score (nSPS) is 14.7. The Kier molecular flexibility index (Phi) is 5.08. The van der Waals surface area contributed by atoms with Gasteiger partial charge in [-0.05, 0) is 54.1 Å². The Bertz CT molecular complexity index is 1070. The van der Waals surface area contributed by atoms with Gasteiger partial charge in [-0.1, -0.05) is 52.3 Å². The molecule has 0 N–H and O–H groups in total. The van der Waals surface area contributed by atoms with E-state index in [4.69, 9.17) is 4.74 Å². The molecule has 138 valence electrons. The van der Waals surface area contributed by atoms with Crippen LogP contribution in [-0.2, 0) is 9.53 Å². The second kappa shape index (κ2) is 7.82. The van der Waals surface area contributed by atoms with E-state index in [1.165, 1.54) is 0 Å². The largest absolute Gasteiger partial charge is 0.402 e. The summed E-state index contributed by atoms with van der Waals surface area (Å²) >= 11 is 3.41. The van der Waals surface area contributed by atoms with Crippen LogP contribution in [0.3, 0.4) is 0 Å². The summed E-state index contributed by atoms with van der Waals surface area (Å²) in [6.45, 7) is 0. The first-order valence-electron chi connectivity index (χ1n) is 8.77. The Balaban J connectivity index is 1.56. The van der Waals surface area contributed by atoms with Crippen molar-refractivity contribution in [1.82, 2.24) is 0 Å². The molecular formula is C23H17BrN2O2. The van der Waals surface area contributed by atoms with Gasteiger partial charge in [0.05, 0.1) is 0 Å². The van der Waals surface area contributed by atoms with Crippen molar-refractivity contribution in [2.24, 2.45) is 4.99 Å². The van der Waals surface area contributed by atoms with Gasteiger partial charge in [0.25, 0.3) is 0 Å². The van der Waals surface area contributed by atoms with Crippen molar-refractivity contribution < 1.29 is 9.53 Å². The number of anilines is 2. The maximum Gasteiger partial charge on any atom is 0.363 e. The first-order valence-corrected chi connectivity index (χ1v) is 9.57. The second-order valence-corrected chi connectivity index (χ2v) is 7.25. The number of aliphatic imine (C=N–C) groups is 1. The molecule has 4 nitrogen and oxygen atoms in total. The van der Waals surface area contributed by atoms with E-state index in [2.05, 4.69) is 38.0 Å². The molecule has 0 aliphatic carbocycles. The molecule has 1 aliphatic heterocycles. The van der Waals surface area contributed by atoms with Gasteiger partial charge in [0, 0.05) is 28.5 Å². The molecule has 5 heteroatoms. The fourth-order valence-electron chi connectivity index (χ4n) is 2.91. The predicted octanol–water partition coefficient (Wildman–Crippen LogP) is 5.56. The van der Waals surface area contributed by atoms with Gasteiger partial charge < -0.3 is 9.64 Å². The Hall–Kier alpha value is -3.18. The minimum atomic E-state index is -0.444. The van der Waals surface area contributed by atoms with E-state index in [9.17, 15) is 4.79 Å². The zero-order chi connectivity index (χ0) is 19.5.